The van der Waals surface area contributed by atoms with E-state index in [4.69, 9.17) is 10.00 Å². The number of aryl methyl sites for hydroxylation is 1. The maximum atomic E-state index is 9.00. The fourth-order valence-corrected chi connectivity index (χ4v) is 3.36. The molecule has 5 heteroatoms. The van der Waals surface area contributed by atoms with Crippen molar-refractivity contribution in [3.05, 3.63) is 59.4 Å². The lowest BCUT2D eigenvalue weighted by Crippen LogP contribution is -2.20. The molecule has 0 unspecified atom stereocenters. The summed E-state index contributed by atoms with van der Waals surface area (Å²) in [5.74, 6) is 2.57. The van der Waals surface area contributed by atoms with Gasteiger partial charge in [-0.25, -0.2) is 9.97 Å². The van der Waals surface area contributed by atoms with Crippen LogP contribution in [0.4, 0.5) is 5.82 Å². The summed E-state index contributed by atoms with van der Waals surface area (Å²) in [6.07, 6.45) is 2.43. The summed E-state index contributed by atoms with van der Waals surface area (Å²) in [5.41, 5.74) is 2.52. The molecule has 5 nitrogen and oxygen atoms in total. The molecule has 2 aromatic carbocycles. The number of rotatable bonds is 4. The lowest BCUT2D eigenvalue weighted by Gasteiger charge is -2.19. The van der Waals surface area contributed by atoms with Crippen LogP contribution >= 0.6 is 0 Å². The molecule has 1 aliphatic heterocycles. The molecule has 2 heterocycles. The third kappa shape index (κ3) is 3.31. The fraction of sp³-hybridized carbons (Fsp3) is 0.286. The molecule has 0 saturated carbocycles. The zero-order chi connectivity index (χ0) is 17.9. The third-order valence-corrected chi connectivity index (χ3v) is 4.63. The molecule has 3 aromatic rings. The normalized spacial score (nSPS) is 13.8. The Morgan fingerprint density at radius 1 is 1.12 bits per heavy atom. The zero-order valence-corrected chi connectivity index (χ0v) is 14.8. The molecule has 4 rings (SSSR count). The molecule has 0 spiro atoms. The van der Waals surface area contributed by atoms with Gasteiger partial charge in [0.1, 0.15) is 24.0 Å². The molecular formula is C21H20N4O. The van der Waals surface area contributed by atoms with Crippen LogP contribution in [0.5, 0.6) is 5.75 Å². The van der Waals surface area contributed by atoms with Crippen molar-refractivity contribution in [2.24, 2.45) is 0 Å². The van der Waals surface area contributed by atoms with E-state index in [1.807, 2.05) is 43.3 Å². The number of ether oxygens (including phenoxy) is 1. The van der Waals surface area contributed by atoms with E-state index in [0.29, 0.717) is 12.2 Å². The van der Waals surface area contributed by atoms with Crippen LogP contribution in [-0.2, 0) is 6.61 Å². The molecule has 0 aliphatic carbocycles. The molecule has 130 valence electrons. The van der Waals surface area contributed by atoms with Gasteiger partial charge in [0.25, 0.3) is 0 Å². The Morgan fingerprint density at radius 3 is 2.77 bits per heavy atom. The molecule has 0 amide bonds. The first-order valence-electron chi connectivity index (χ1n) is 8.88. The third-order valence-electron chi connectivity index (χ3n) is 4.63. The molecule has 0 N–H and O–H groups in total. The number of benzene rings is 2. The van der Waals surface area contributed by atoms with Crippen molar-refractivity contribution in [3.63, 3.8) is 0 Å². The van der Waals surface area contributed by atoms with Gasteiger partial charge >= 0.3 is 0 Å². The second-order valence-corrected chi connectivity index (χ2v) is 6.57. The lowest BCUT2D eigenvalue weighted by molar-refractivity contribution is 0.306. The minimum absolute atomic E-state index is 0.421. The highest BCUT2D eigenvalue weighted by Gasteiger charge is 2.17. The van der Waals surface area contributed by atoms with E-state index in [2.05, 4.69) is 20.9 Å². The second-order valence-electron chi connectivity index (χ2n) is 6.57. The van der Waals surface area contributed by atoms with E-state index in [-0.39, 0.29) is 0 Å². The Hall–Kier alpha value is -3.13. The fourth-order valence-electron chi connectivity index (χ4n) is 3.36. The first-order valence-corrected chi connectivity index (χ1v) is 8.88. The maximum Gasteiger partial charge on any atom is 0.140 e. The number of nitriles is 1. The van der Waals surface area contributed by atoms with E-state index >= 15 is 0 Å². The summed E-state index contributed by atoms with van der Waals surface area (Å²) < 4.78 is 5.92. The summed E-state index contributed by atoms with van der Waals surface area (Å²) in [4.78, 5) is 11.6. The highest BCUT2D eigenvalue weighted by molar-refractivity contribution is 5.90. The van der Waals surface area contributed by atoms with Crippen molar-refractivity contribution in [2.45, 2.75) is 26.4 Å². The Labute approximate surface area is 152 Å². The van der Waals surface area contributed by atoms with Gasteiger partial charge in [-0.1, -0.05) is 12.1 Å². The van der Waals surface area contributed by atoms with Crippen LogP contribution in [0.25, 0.3) is 10.9 Å². The molecule has 0 bridgehead atoms. The van der Waals surface area contributed by atoms with E-state index < -0.39 is 0 Å². The van der Waals surface area contributed by atoms with Crippen LogP contribution in [-0.4, -0.2) is 23.1 Å². The molecule has 1 aromatic heterocycles. The minimum atomic E-state index is 0.421. The predicted molar refractivity (Wildman–Crippen MR) is 101 cm³/mol. The summed E-state index contributed by atoms with van der Waals surface area (Å²) in [5, 5.41) is 10.1. The minimum Gasteiger partial charge on any atom is -0.489 e. The Balaban J connectivity index is 1.60. The van der Waals surface area contributed by atoms with Crippen LogP contribution < -0.4 is 9.64 Å². The number of anilines is 1. The van der Waals surface area contributed by atoms with Gasteiger partial charge < -0.3 is 9.64 Å². The van der Waals surface area contributed by atoms with E-state index in [1.165, 1.54) is 12.8 Å². The molecule has 0 radical (unpaired) electrons. The van der Waals surface area contributed by atoms with Crippen molar-refractivity contribution in [3.8, 4) is 11.8 Å². The summed E-state index contributed by atoms with van der Waals surface area (Å²) in [6, 6.07) is 15.6. The van der Waals surface area contributed by atoms with E-state index in [1.54, 1.807) is 6.07 Å². The smallest absolute Gasteiger partial charge is 0.140 e. The average Bonchev–Trinajstić information content (AvgIpc) is 3.20. The van der Waals surface area contributed by atoms with Crippen molar-refractivity contribution in [2.75, 3.05) is 18.0 Å². The van der Waals surface area contributed by atoms with Crippen molar-refractivity contribution in [1.82, 2.24) is 9.97 Å². The first kappa shape index (κ1) is 16.3. The SMILES string of the molecule is Cc1nc(N2CCCC2)c2ccc(OCc3cccc(C#N)c3)cc2n1. The number of aromatic nitrogens is 2. The van der Waals surface area contributed by atoms with Gasteiger partial charge in [0.05, 0.1) is 17.1 Å². The molecule has 1 fully saturated rings. The van der Waals surface area contributed by atoms with E-state index in [0.717, 1.165) is 46.9 Å². The number of nitrogens with zero attached hydrogens (tertiary/aromatic N) is 4. The van der Waals surface area contributed by atoms with E-state index in [9.17, 15) is 0 Å². The lowest BCUT2D eigenvalue weighted by atomic mass is 10.1. The predicted octanol–water partition coefficient (Wildman–Crippen LogP) is 3.99. The molecule has 1 aliphatic rings. The number of hydrogen-bond acceptors (Lipinski definition) is 5. The van der Waals surface area contributed by atoms with Gasteiger partial charge in [0.2, 0.25) is 0 Å². The van der Waals surface area contributed by atoms with Crippen molar-refractivity contribution in [1.29, 1.82) is 5.26 Å². The Kier molecular flexibility index (Phi) is 4.40. The second kappa shape index (κ2) is 7.01. The summed E-state index contributed by atoms with van der Waals surface area (Å²) in [7, 11) is 0. The Bertz CT molecular complexity index is 987. The monoisotopic (exact) mass is 344 g/mol. The zero-order valence-electron chi connectivity index (χ0n) is 14.8. The summed E-state index contributed by atoms with van der Waals surface area (Å²) >= 11 is 0. The quantitative estimate of drug-likeness (QED) is 0.716. The van der Waals surface area contributed by atoms with Crippen molar-refractivity contribution >= 4 is 16.7 Å². The van der Waals surface area contributed by atoms with Gasteiger partial charge in [-0.2, -0.15) is 5.26 Å². The standard InChI is InChI=1S/C21H20N4O/c1-15-23-20-12-18(26-14-17-6-4-5-16(11-17)13-22)7-8-19(20)21(24-15)25-9-2-3-10-25/h4-8,11-12H,2-3,9-10,14H2,1H3. The molecule has 1 saturated heterocycles. The maximum absolute atomic E-state index is 9.00. The van der Waals surface area contributed by atoms with Gasteiger partial charge in [-0.15, -0.1) is 0 Å². The average molecular weight is 344 g/mol. The highest BCUT2D eigenvalue weighted by atomic mass is 16.5. The van der Waals surface area contributed by atoms with Crippen LogP contribution in [0.15, 0.2) is 42.5 Å². The highest BCUT2D eigenvalue weighted by Crippen LogP contribution is 2.29. The molecular weight excluding hydrogens is 324 g/mol. The molecule has 0 atom stereocenters. The summed E-state index contributed by atoms with van der Waals surface area (Å²) in [6.45, 7) is 4.46. The number of hydrogen-bond donors (Lipinski definition) is 0. The van der Waals surface area contributed by atoms with Gasteiger partial charge in [0.15, 0.2) is 0 Å². The van der Waals surface area contributed by atoms with Crippen molar-refractivity contribution < 1.29 is 4.74 Å². The number of fused-ring (bicyclic) bond motifs is 1. The van der Waals surface area contributed by atoms with Crippen LogP contribution in [0, 0.1) is 18.3 Å². The molecule has 26 heavy (non-hydrogen) atoms. The van der Waals surface area contributed by atoms with Gasteiger partial charge in [0, 0.05) is 24.5 Å². The van der Waals surface area contributed by atoms with Gasteiger partial charge in [-0.3, -0.25) is 0 Å². The van der Waals surface area contributed by atoms with Crippen LogP contribution in [0.3, 0.4) is 0 Å². The largest absolute Gasteiger partial charge is 0.489 e. The van der Waals surface area contributed by atoms with Crippen LogP contribution in [0.2, 0.25) is 0 Å². The topological polar surface area (TPSA) is 62.0 Å². The van der Waals surface area contributed by atoms with Crippen LogP contribution in [0.1, 0.15) is 29.8 Å². The Morgan fingerprint density at radius 2 is 1.96 bits per heavy atom. The first-order chi connectivity index (χ1) is 12.7. The van der Waals surface area contributed by atoms with Gasteiger partial charge in [-0.05, 0) is 49.6 Å².